The van der Waals surface area contributed by atoms with Gasteiger partial charge in [-0.3, -0.25) is 0 Å². The summed E-state index contributed by atoms with van der Waals surface area (Å²) in [5.74, 6) is 1.60. The van der Waals surface area contributed by atoms with Gasteiger partial charge in [0.15, 0.2) is 5.16 Å². The Morgan fingerprint density at radius 2 is 1.93 bits per heavy atom. The second kappa shape index (κ2) is 5.02. The van der Waals surface area contributed by atoms with Crippen molar-refractivity contribution in [1.82, 2.24) is 15.0 Å². The van der Waals surface area contributed by atoms with Crippen molar-refractivity contribution in [2.24, 2.45) is 0 Å². The van der Waals surface area contributed by atoms with E-state index in [0.717, 1.165) is 16.8 Å². The minimum atomic E-state index is 0.751. The standard InChI is InChI=1S/C8H15N5S/c1-9-6-5-7(12-13(2)3)11-8(10-6)14-4/h5H,1-4H3,(H2,9,10,11,12). The number of anilines is 2. The SMILES string of the molecule is CNc1cc(NN(C)C)nc(SC)n1. The van der Waals surface area contributed by atoms with Crippen molar-refractivity contribution in [3.05, 3.63) is 6.07 Å². The largest absolute Gasteiger partial charge is 0.373 e. The number of hydrogen-bond donors (Lipinski definition) is 2. The van der Waals surface area contributed by atoms with Gasteiger partial charge in [0.25, 0.3) is 0 Å². The lowest BCUT2D eigenvalue weighted by Crippen LogP contribution is -2.20. The van der Waals surface area contributed by atoms with Crippen LogP contribution in [0.1, 0.15) is 0 Å². The highest BCUT2D eigenvalue weighted by Crippen LogP contribution is 2.16. The minimum absolute atomic E-state index is 0.751. The van der Waals surface area contributed by atoms with E-state index < -0.39 is 0 Å². The highest BCUT2D eigenvalue weighted by molar-refractivity contribution is 7.98. The monoisotopic (exact) mass is 213 g/mol. The van der Waals surface area contributed by atoms with Gasteiger partial charge in [0.2, 0.25) is 0 Å². The van der Waals surface area contributed by atoms with E-state index in [-0.39, 0.29) is 0 Å². The topological polar surface area (TPSA) is 53.1 Å². The molecule has 0 atom stereocenters. The summed E-state index contributed by atoms with van der Waals surface area (Å²) in [5, 5.41) is 5.58. The molecule has 1 aromatic heterocycles. The first-order valence-electron chi connectivity index (χ1n) is 4.20. The lowest BCUT2D eigenvalue weighted by molar-refractivity contribution is 0.491. The molecule has 5 nitrogen and oxygen atoms in total. The molecule has 0 unspecified atom stereocenters. The maximum Gasteiger partial charge on any atom is 0.191 e. The van der Waals surface area contributed by atoms with Crippen LogP contribution in [0.15, 0.2) is 11.2 Å². The molecule has 0 aliphatic carbocycles. The maximum absolute atomic E-state index is 4.30. The number of nitrogens with zero attached hydrogens (tertiary/aromatic N) is 3. The maximum atomic E-state index is 4.30. The second-order valence-corrected chi connectivity index (χ2v) is 3.65. The zero-order valence-electron chi connectivity index (χ0n) is 8.83. The summed E-state index contributed by atoms with van der Waals surface area (Å²) in [6, 6.07) is 1.86. The van der Waals surface area contributed by atoms with Gasteiger partial charge in [0.1, 0.15) is 11.6 Å². The molecule has 0 radical (unpaired) electrons. The van der Waals surface area contributed by atoms with Gasteiger partial charge in [-0.05, 0) is 6.26 Å². The molecule has 0 fully saturated rings. The molecule has 0 aliphatic heterocycles. The molecule has 0 aromatic carbocycles. The van der Waals surface area contributed by atoms with Crippen molar-refractivity contribution in [1.29, 1.82) is 0 Å². The fraction of sp³-hybridized carbons (Fsp3) is 0.500. The van der Waals surface area contributed by atoms with E-state index in [0.29, 0.717) is 0 Å². The van der Waals surface area contributed by atoms with E-state index in [9.17, 15) is 0 Å². The van der Waals surface area contributed by atoms with Crippen LogP contribution in [0.2, 0.25) is 0 Å². The first-order chi connectivity index (χ1) is 6.65. The molecule has 1 rings (SSSR count). The second-order valence-electron chi connectivity index (χ2n) is 2.88. The molecule has 0 saturated carbocycles. The van der Waals surface area contributed by atoms with Crippen LogP contribution in [-0.4, -0.2) is 42.4 Å². The summed E-state index contributed by atoms with van der Waals surface area (Å²) in [5.41, 5.74) is 3.08. The van der Waals surface area contributed by atoms with Crippen LogP contribution in [0.25, 0.3) is 0 Å². The number of rotatable bonds is 4. The normalized spacial score (nSPS) is 10.4. The van der Waals surface area contributed by atoms with Crippen LogP contribution in [0.5, 0.6) is 0 Å². The fourth-order valence-electron chi connectivity index (χ4n) is 0.931. The Hall–Kier alpha value is -1.01. The zero-order chi connectivity index (χ0) is 10.6. The van der Waals surface area contributed by atoms with Crippen molar-refractivity contribution in [3.63, 3.8) is 0 Å². The van der Waals surface area contributed by atoms with Crippen molar-refractivity contribution in [2.45, 2.75) is 5.16 Å². The van der Waals surface area contributed by atoms with Gasteiger partial charge in [0, 0.05) is 27.2 Å². The molecular formula is C8H15N5S. The Labute approximate surface area is 88.3 Å². The van der Waals surface area contributed by atoms with Gasteiger partial charge in [-0.25, -0.2) is 15.0 Å². The van der Waals surface area contributed by atoms with Gasteiger partial charge in [-0.2, -0.15) is 0 Å². The quantitative estimate of drug-likeness (QED) is 0.444. The molecule has 2 N–H and O–H groups in total. The van der Waals surface area contributed by atoms with E-state index in [1.165, 1.54) is 11.8 Å². The summed E-state index contributed by atoms with van der Waals surface area (Å²) in [6.45, 7) is 0. The van der Waals surface area contributed by atoms with Crippen molar-refractivity contribution < 1.29 is 0 Å². The van der Waals surface area contributed by atoms with Crippen LogP contribution in [-0.2, 0) is 0 Å². The van der Waals surface area contributed by atoms with Crippen LogP contribution < -0.4 is 10.7 Å². The fourth-order valence-corrected chi connectivity index (χ4v) is 1.31. The predicted molar refractivity (Wildman–Crippen MR) is 60.7 cm³/mol. The van der Waals surface area contributed by atoms with Crippen LogP contribution in [0.4, 0.5) is 11.6 Å². The lowest BCUT2D eigenvalue weighted by Gasteiger charge is -2.13. The summed E-state index contributed by atoms with van der Waals surface area (Å²) in [4.78, 5) is 8.56. The highest BCUT2D eigenvalue weighted by Gasteiger charge is 2.02. The van der Waals surface area contributed by atoms with Gasteiger partial charge < -0.3 is 10.7 Å². The summed E-state index contributed by atoms with van der Waals surface area (Å²) in [7, 11) is 5.67. The Kier molecular flexibility index (Phi) is 3.97. The average molecular weight is 213 g/mol. The number of hydrogen-bond acceptors (Lipinski definition) is 6. The molecule has 1 aromatic rings. The third-order valence-corrected chi connectivity index (χ3v) is 2.03. The molecule has 78 valence electrons. The zero-order valence-corrected chi connectivity index (χ0v) is 9.64. The Bertz CT molecular complexity index is 280. The van der Waals surface area contributed by atoms with E-state index >= 15 is 0 Å². The molecule has 6 heteroatoms. The molecule has 0 amide bonds. The molecule has 1 heterocycles. The Morgan fingerprint density at radius 1 is 1.29 bits per heavy atom. The third kappa shape index (κ3) is 3.04. The first-order valence-corrected chi connectivity index (χ1v) is 5.43. The predicted octanol–water partition coefficient (Wildman–Crippen LogP) is 1.13. The Morgan fingerprint density at radius 3 is 2.43 bits per heavy atom. The van der Waals surface area contributed by atoms with Crippen molar-refractivity contribution in [2.75, 3.05) is 38.1 Å². The van der Waals surface area contributed by atoms with E-state index in [1.807, 2.05) is 38.5 Å². The van der Waals surface area contributed by atoms with E-state index in [2.05, 4.69) is 20.7 Å². The molecule has 14 heavy (non-hydrogen) atoms. The van der Waals surface area contributed by atoms with Gasteiger partial charge in [0.05, 0.1) is 0 Å². The van der Waals surface area contributed by atoms with Crippen molar-refractivity contribution >= 4 is 23.4 Å². The molecule has 0 aliphatic rings. The van der Waals surface area contributed by atoms with Gasteiger partial charge >= 0.3 is 0 Å². The number of aromatic nitrogens is 2. The van der Waals surface area contributed by atoms with Gasteiger partial charge in [-0.15, -0.1) is 0 Å². The number of thioether (sulfide) groups is 1. The van der Waals surface area contributed by atoms with E-state index in [1.54, 1.807) is 0 Å². The lowest BCUT2D eigenvalue weighted by atomic mass is 10.5. The minimum Gasteiger partial charge on any atom is -0.373 e. The highest BCUT2D eigenvalue weighted by atomic mass is 32.2. The molecule has 0 saturated heterocycles. The summed E-state index contributed by atoms with van der Waals surface area (Å²) in [6.07, 6.45) is 1.95. The third-order valence-electron chi connectivity index (χ3n) is 1.48. The number of nitrogens with one attached hydrogen (secondary N) is 2. The summed E-state index contributed by atoms with van der Waals surface area (Å²) >= 11 is 1.52. The molecule has 0 bridgehead atoms. The average Bonchev–Trinajstić information content (AvgIpc) is 2.16. The number of hydrazine groups is 1. The summed E-state index contributed by atoms with van der Waals surface area (Å²) < 4.78 is 0. The first kappa shape index (κ1) is 11.1. The smallest absolute Gasteiger partial charge is 0.191 e. The Balaban J connectivity index is 2.92. The van der Waals surface area contributed by atoms with Crippen molar-refractivity contribution in [3.8, 4) is 0 Å². The van der Waals surface area contributed by atoms with E-state index in [4.69, 9.17) is 0 Å². The molecule has 0 spiro atoms. The van der Waals surface area contributed by atoms with Crippen LogP contribution in [0.3, 0.4) is 0 Å². The van der Waals surface area contributed by atoms with Gasteiger partial charge in [-0.1, -0.05) is 11.8 Å². The van der Waals surface area contributed by atoms with Crippen LogP contribution >= 0.6 is 11.8 Å². The van der Waals surface area contributed by atoms with Crippen LogP contribution in [0, 0.1) is 0 Å². The molecular weight excluding hydrogens is 198 g/mol.